The standard InChI is InChI=1S/C4H5F3N2O3/c5-4(6,7)1-8-3(11)9-12-2-10/h2H,1H2,(H2,8,9,11). The highest BCUT2D eigenvalue weighted by Gasteiger charge is 2.27. The van der Waals surface area contributed by atoms with Gasteiger partial charge in [0.2, 0.25) is 0 Å². The van der Waals surface area contributed by atoms with Gasteiger partial charge in [0.15, 0.2) is 0 Å². The fraction of sp³-hybridized carbons (Fsp3) is 0.500. The second-order valence-corrected chi connectivity index (χ2v) is 1.61. The van der Waals surface area contributed by atoms with Gasteiger partial charge < -0.3 is 10.2 Å². The lowest BCUT2D eigenvalue weighted by molar-refractivity contribution is -0.133. The third-order valence-electron chi connectivity index (χ3n) is 0.649. The number of carbonyl (C=O) groups excluding carboxylic acids is 2. The molecule has 0 aliphatic carbocycles. The van der Waals surface area contributed by atoms with Crippen LogP contribution in [0.4, 0.5) is 18.0 Å². The van der Waals surface area contributed by atoms with Gasteiger partial charge in [-0.15, -0.1) is 0 Å². The number of rotatable bonds is 3. The highest BCUT2D eigenvalue weighted by atomic mass is 19.4. The molecule has 0 aromatic rings. The number of hydrogen-bond acceptors (Lipinski definition) is 3. The second kappa shape index (κ2) is 4.42. The molecule has 0 saturated heterocycles. The van der Waals surface area contributed by atoms with Crippen LogP contribution in [0.5, 0.6) is 0 Å². The van der Waals surface area contributed by atoms with Crippen molar-refractivity contribution >= 4 is 12.5 Å². The van der Waals surface area contributed by atoms with Crippen molar-refractivity contribution in [1.82, 2.24) is 10.8 Å². The van der Waals surface area contributed by atoms with E-state index in [1.807, 2.05) is 0 Å². The zero-order valence-electron chi connectivity index (χ0n) is 5.64. The molecule has 0 radical (unpaired) electrons. The van der Waals surface area contributed by atoms with Gasteiger partial charge in [-0.1, -0.05) is 0 Å². The van der Waals surface area contributed by atoms with Crippen LogP contribution in [0.15, 0.2) is 0 Å². The third-order valence-corrected chi connectivity index (χ3v) is 0.649. The summed E-state index contributed by atoms with van der Waals surface area (Å²) in [6.07, 6.45) is -4.49. The van der Waals surface area contributed by atoms with E-state index in [4.69, 9.17) is 0 Å². The number of nitrogens with one attached hydrogen (secondary N) is 2. The van der Waals surface area contributed by atoms with Gasteiger partial charge in [0, 0.05) is 0 Å². The van der Waals surface area contributed by atoms with Crippen LogP contribution >= 0.6 is 0 Å². The average molecular weight is 186 g/mol. The van der Waals surface area contributed by atoms with Gasteiger partial charge in [0.1, 0.15) is 6.54 Å². The van der Waals surface area contributed by atoms with E-state index in [9.17, 15) is 22.8 Å². The van der Waals surface area contributed by atoms with Crippen LogP contribution in [-0.4, -0.2) is 25.2 Å². The maximum Gasteiger partial charge on any atom is 0.405 e. The van der Waals surface area contributed by atoms with Crippen LogP contribution in [0, 0.1) is 0 Å². The summed E-state index contributed by atoms with van der Waals surface area (Å²) >= 11 is 0. The minimum Gasteiger partial charge on any atom is -0.343 e. The van der Waals surface area contributed by atoms with E-state index in [0.717, 1.165) is 0 Å². The molecule has 0 spiro atoms. The molecule has 5 nitrogen and oxygen atoms in total. The van der Waals surface area contributed by atoms with Crippen LogP contribution in [0.2, 0.25) is 0 Å². The molecule has 0 atom stereocenters. The lowest BCUT2D eigenvalue weighted by Gasteiger charge is -2.07. The molecule has 0 aliphatic heterocycles. The van der Waals surface area contributed by atoms with Crippen molar-refractivity contribution in [2.75, 3.05) is 6.54 Å². The van der Waals surface area contributed by atoms with Crippen molar-refractivity contribution in [3.8, 4) is 0 Å². The molecule has 0 aromatic carbocycles. The van der Waals surface area contributed by atoms with Crippen molar-refractivity contribution in [3.05, 3.63) is 0 Å². The summed E-state index contributed by atoms with van der Waals surface area (Å²) in [6.45, 7) is -1.62. The van der Waals surface area contributed by atoms with Gasteiger partial charge in [-0.3, -0.25) is 4.79 Å². The first-order valence-electron chi connectivity index (χ1n) is 2.65. The van der Waals surface area contributed by atoms with E-state index in [0.29, 0.717) is 0 Å². The van der Waals surface area contributed by atoms with Gasteiger partial charge in [0.25, 0.3) is 0 Å². The molecule has 0 aliphatic rings. The number of urea groups is 1. The molecule has 12 heavy (non-hydrogen) atoms. The number of hydrogen-bond donors (Lipinski definition) is 2. The molecule has 0 heterocycles. The van der Waals surface area contributed by atoms with Crippen LogP contribution in [-0.2, 0) is 9.63 Å². The largest absolute Gasteiger partial charge is 0.405 e. The Bertz CT molecular complexity index is 169. The predicted octanol–water partition coefficient (Wildman–Crippen LogP) is -0.0641. The highest BCUT2D eigenvalue weighted by Crippen LogP contribution is 2.11. The van der Waals surface area contributed by atoms with E-state index in [2.05, 4.69) is 4.84 Å². The van der Waals surface area contributed by atoms with Crippen molar-refractivity contribution < 1.29 is 27.6 Å². The molecule has 2 N–H and O–H groups in total. The Morgan fingerprint density at radius 1 is 1.50 bits per heavy atom. The number of hydroxylamine groups is 1. The lowest BCUT2D eigenvalue weighted by Crippen LogP contribution is -2.40. The van der Waals surface area contributed by atoms with Gasteiger partial charge in [-0.25, -0.2) is 4.79 Å². The number of carbonyl (C=O) groups is 2. The Hall–Kier alpha value is -1.47. The molecule has 0 rings (SSSR count). The molecule has 2 amide bonds. The molecule has 0 aromatic heterocycles. The molecule has 0 saturated carbocycles. The van der Waals surface area contributed by atoms with Crippen LogP contribution in [0.3, 0.4) is 0 Å². The molecular weight excluding hydrogens is 181 g/mol. The summed E-state index contributed by atoms with van der Waals surface area (Å²) < 4.78 is 34.2. The van der Waals surface area contributed by atoms with Gasteiger partial charge in [0.05, 0.1) is 0 Å². The minimum atomic E-state index is -4.49. The fourth-order valence-electron chi connectivity index (χ4n) is 0.294. The van der Waals surface area contributed by atoms with Crippen molar-refractivity contribution in [2.45, 2.75) is 6.18 Å². The van der Waals surface area contributed by atoms with Crippen molar-refractivity contribution in [3.63, 3.8) is 0 Å². The van der Waals surface area contributed by atoms with Crippen LogP contribution in [0.1, 0.15) is 0 Å². The zero-order valence-corrected chi connectivity index (χ0v) is 5.64. The summed E-state index contributed by atoms with van der Waals surface area (Å²) in [5.41, 5.74) is 1.39. The SMILES string of the molecule is O=CONC(=O)NCC(F)(F)F. The van der Waals surface area contributed by atoms with E-state index in [-0.39, 0.29) is 6.47 Å². The quantitative estimate of drug-likeness (QED) is 0.479. The van der Waals surface area contributed by atoms with E-state index >= 15 is 0 Å². The Morgan fingerprint density at radius 3 is 2.50 bits per heavy atom. The predicted molar refractivity (Wildman–Crippen MR) is 29.7 cm³/mol. The first-order valence-corrected chi connectivity index (χ1v) is 2.65. The topological polar surface area (TPSA) is 67.4 Å². The third kappa shape index (κ3) is 6.65. The molecule has 70 valence electrons. The average Bonchev–Trinajstić information content (AvgIpc) is 1.95. The summed E-state index contributed by atoms with van der Waals surface area (Å²) in [5.74, 6) is 0. The second-order valence-electron chi connectivity index (χ2n) is 1.61. The normalized spacial score (nSPS) is 10.2. The molecular formula is C4H5F3N2O3. The van der Waals surface area contributed by atoms with E-state index in [1.165, 1.54) is 10.8 Å². The van der Waals surface area contributed by atoms with Gasteiger partial charge >= 0.3 is 18.7 Å². The summed E-state index contributed by atoms with van der Waals surface area (Å²) in [7, 11) is 0. The van der Waals surface area contributed by atoms with Crippen LogP contribution < -0.4 is 10.8 Å². The van der Waals surface area contributed by atoms with Crippen LogP contribution in [0.25, 0.3) is 0 Å². The lowest BCUT2D eigenvalue weighted by atomic mass is 10.6. The number of halogens is 3. The molecule has 0 fully saturated rings. The van der Waals surface area contributed by atoms with Crippen molar-refractivity contribution in [2.24, 2.45) is 0 Å². The molecule has 0 unspecified atom stereocenters. The zero-order chi connectivity index (χ0) is 9.61. The Kier molecular flexibility index (Phi) is 3.88. The van der Waals surface area contributed by atoms with E-state index < -0.39 is 18.8 Å². The fourth-order valence-corrected chi connectivity index (χ4v) is 0.294. The van der Waals surface area contributed by atoms with E-state index in [1.54, 1.807) is 0 Å². The highest BCUT2D eigenvalue weighted by molar-refractivity contribution is 5.73. The van der Waals surface area contributed by atoms with Crippen molar-refractivity contribution in [1.29, 1.82) is 0 Å². The first-order chi connectivity index (χ1) is 5.45. The smallest absolute Gasteiger partial charge is 0.343 e. The monoisotopic (exact) mass is 186 g/mol. The Morgan fingerprint density at radius 2 is 2.08 bits per heavy atom. The number of amides is 2. The number of alkyl halides is 3. The van der Waals surface area contributed by atoms with Gasteiger partial charge in [-0.05, 0) is 0 Å². The minimum absolute atomic E-state index is 0.132. The first kappa shape index (κ1) is 10.5. The van der Waals surface area contributed by atoms with Gasteiger partial charge in [-0.2, -0.15) is 18.7 Å². The Labute approximate surface area is 64.8 Å². The summed E-state index contributed by atoms with van der Waals surface area (Å²) in [4.78, 5) is 23.3. The maximum atomic E-state index is 11.4. The maximum absolute atomic E-state index is 11.4. The summed E-state index contributed by atoms with van der Waals surface area (Å²) in [6, 6.07) is -1.24. The Balaban J connectivity index is 3.51. The summed E-state index contributed by atoms with van der Waals surface area (Å²) in [5, 5.41) is 1.40. The molecule has 8 heteroatoms. The molecule has 0 bridgehead atoms.